The lowest BCUT2D eigenvalue weighted by molar-refractivity contribution is 0.0659. The second-order valence-corrected chi connectivity index (χ2v) is 8.36. The molecule has 3 rings (SSSR count). The van der Waals surface area contributed by atoms with Crippen LogP contribution >= 0.6 is 11.6 Å². The third-order valence-electron chi connectivity index (χ3n) is 5.24. The largest absolute Gasteiger partial charge is 0.491 e. The smallest absolute Gasteiger partial charge is 0.123 e. The minimum atomic E-state index is -0.502. The number of halogens is 1. The lowest BCUT2D eigenvalue weighted by Gasteiger charge is -2.37. The summed E-state index contributed by atoms with van der Waals surface area (Å²) in [5, 5.41) is 11.3. The van der Waals surface area contributed by atoms with E-state index in [0.717, 1.165) is 42.6 Å². The second-order valence-electron chi connectivity index (χ2n) is 7.93. The summed E-state index contributed by atoms with van der Waals surface area (Å²) in [4.78, 5) is 4.64. The summed E-state index contributed by atoms with van der Waals surface area (Å²) in [5.74, 6) is 1.28. The predicted octanol–water partition coefficient (Wildman–Crippen LogP) is 4.33. The third-order valence-corrected chi connectivity index (χ3v) is 5.47. The number of piperazine rings is 1. The van der Waals surface area contributed by atoms with Crippen molar-refractivity contribution >= 4 is 17.3 Å². The molecule has 0 aliphatic carbocycles. The first kappa shape index (κ1) is 21.0. The topological polar surface area (TPSA) is 35.9 Å². The molecule has 0 saturated carbocycles. The fourth-order valence-electron chi connectivity index (χ4n) is 3.64. The number of hydrogen-bond acceptors (Lipinski definition) is 4. The van der Waals surface area contributed by atoms with Crippen molar-refractivity contribution in [3.05, 3.63) is 58.6 Å². The Morgan fingerprint density at radius 3 is 2.50 bits per heavy atom. The Hall–Kier alpha value is -1.75. The molecule has 2 aromatic rings. The molecule has 1 N–H and O–H groups in total. The molecule has 0 aromatic heterocycles. The maximum Gasteiger partial charge on any atom is 0.123 e. The highest BCUT2D eigenvalue weighted by Crippen LogP contribution is 2.27. The molecule has 0 radical (unpaired) electrons. The number of β-amino-alcohol motifs (C(OH)–C–C–N with tert-alkyl or cyclic N) is 1. The average molecular weight is 403 g/mol. The van der Waals surface area contributed by atoms with Crippen LogP contribution in [0.4, 0.5) is 5.69 Å². The first-order chi connectivity index (χ1) is 13.4. The van der Waals surface area contributed by atoms with Crippen LogP contribution in [0.2, 0.25) is 5.02 Å². The monoisotopic (exact) mass is 402 g/mol. The molecule has 1 aliphatic rings. The van der Waals surface area contributed by atoms with Gasteiger partial charge >= 0.3 is 0 Å². The zero-order valence-corrected chi connectivity index (χ0v) is 17.8. The van der Waals surface area contributed by atoms with Gasteiger partial charge in [-0.05, 0) is 48.2 Å². The van der Waals surface area contributed by atoms with Crippen LogP contribution in [0, 0.1) is 6.92 Å². The lowest BCUT2D eigenvalue weighted by atomic mass is 10.0. The van der Waals surface area contributed by atoms with E-state index in [1.54, 1.807) is 0 Å². The number of benzene rings is 2. The Bertz CT molecular complexity index is 773. The molecule has 28 heavy (non-hydrogen) atoms. The molecule has 0 amide bonds. The standard InChI is InChI=1S/C23H31ClN2O2/c1-17(2)22-8-7-18(3)13-23(22)28-16-21(27)15-25-9-11-26(12-10-25)20-6-4-5-19(24)14-20/h4-8,13-14,17,21,27H,9-12,15-16H2,1-3H3/t21-/m0/s1. The number of hydrogen-bond donors (Lipinski definition) is 1. The van der Waals surface area contributed by atoms with E-state index in [0.29, 0.717) is 19.1 Å². The maximum atomic E-state index is 10.5. The summed E-state index contributed by atoms with van der Waals surface area (Å²) in [7, 11) is 0. The van der Waals surface area contributed by atoms with Crippen LogP contribution in [-0.2, 0) is 0 Å². The number of rotatable bonds is 7. The van der Waals surface area contributed by atoms with Crippen LogP contribution in [-0.4, -0.2) is 55.4 Å². The summed E-state index contributed by atoms with van der Waals surface area (Å²) < 4.78 is 5.98. The Labute approximate surface area is 173 Å². The van der Waals surface area contributed by atoms with E-state index in [-0.39, 0.29) is 0 Å². The fourth-order valence-corrected chi connectivity index (χ4v) is 3.83. The van der Waals surface area contributed by atoms with Crippen molar-refractivity contribution in [2.24, 2.45) is 0 Å². The van der Waals surface area contributed by atoms with Crippen LogP contribution in [0.3, 0.4) is 0 Å². The van der Waals surface area contributed by atoms with E-state index in [4.69, 9.17) is 16.3 Å². The van der Waals surface area contributed by atoms with Crippen molar-refractivity contribution < 1.29 is 9.84 Å². The summed E-state index contributed by atoms with van der Waals surface area (Å²) in [6.07, 6.45) is -0.502. The highest BCUT2D eigenvalue weighted by atomic mass is 35.5. The zero-order chi connectivity index (χ0) is 20.1. The molecule has 0 unspecified atom stereocenters. The molecule has 1 atom stereocenters. The van der Waals surface area contributed by atoms with Crippen LogP contribution in [0.1, 0.15) is 30.9 Å². The highest BCUT2D eigenvalue weighted by Gasteiger charge is 2.20. The predicted molar refractivity (Wildman–Crippen MR) is 117 cm³/mol. The minimum absolute atomic E-state index is 0.317. The first-order valence-corrected chi connectivity index (χ1v) is 10.4. The van der Waals surface area contributed by atoms with Gasteiger partial charge in [0.15, 0.2) is 0 Å². The van der Waals surface area contributed by atoms with Crippen molar-refractivity contribution in [3.63, 3.8) is 0 Å². The van der Waals surface area contributed by atoms with Crippen molar-refractivity contribution in [2.75, 3.05) is 44.2 Å². The molecular formula is C23H31ClN2O2. The van der Waals surface area contributed by atoms with Gasteiger partial charge in [0.25, 0.3) is 0 Å². The van der Waals surface area contributed by atoms with Crippen molar-refractivity contribution in [2.45, 2.75) is 32.8 Å². The Balaban J connectivity index is 1.47. The number of nitrogens with zero attached hydrogens (tertiary/aromatic N) is 2. The van der Waals surface area contributed by atoms with Crippen LogP contribution < -0.4 is 9.64 Å². The van der Waals surface area contributed by atoms with Gasteiger partial charge in [-0.2, -0.15) is 0 Å². The van der Waals surface area contributed by atoms with Crippen molar-refractivity contribution in [3.8, 4) is 5.75 Å². The second kappa shape index (κ2) is 9.64. The van der Waals surface area contributed by atoms with E-state index in [2.05, 4.69) is 54.8 Å². The van der Waals surface area contributed by atoms with Crippen molar-refractivity contribution in [1.82, 2.24) is 4.90 Å². The van der Waals surface area contributed by atoms with Gasteiger partial charge < -0.3 is 14.7 Å². The summed E-state index contributed by atoms with van der Waals surface area (Å²) in [6.45, 7) is 11.0. The van der Waals surface area contributed by atoms with Crippen molar-refractivity contribution in [1.29, 1.82) is 0 Å². The molecule has 1 aliphatic heterocycles. The van der Waals surface area contributed by atoms with E-state index in [1.807, 2.05) is 18.2 Å². The molecular weight excluding hydrogens is 372 g/mol. The van der Waals surface area contributed by atoms with Gasteiger partial charge in [0.1, 0.15) is 18.5 Å². The van der Waals surface area contributed by atoms with E-state index in [1.165, 1.54) is 11.1 Å². The number of aliphatic hydroxyl groups excluding tert-OH is 1. The Morgan fingerprint density at radius 1 is 1.07 bits per heavy atom. The number of anilines is 1. The summed E-state index contributed by atoms with van der Waals surface area (Å²) >= 11 is 6.10. The van der Waals surface area contributed by atoms with Gasteiger partial charge in [0.2, 0.25) is 0 Å². The molecule has 5 heteroatoms. The molecule has 1 saturated heterocycles. The summed E-state index contributed by atoms with van der Waals surface area (Å²) in [6, 6.07) is 14.3. The normalized spacial score (nSPS) is 16.4. The number of aliphatic hydroxyl groups is 1. The van der Waals surface area contributed by atoms with Gasteiger partial charge in [-0.3, -0.25) is 4.90 Å². The molecule has 4 nitrogen and oxygen atoms in total. The SMILES string of the molecule is Cc1ccc(C(C)C)c(OC[C@@H](O)CN2CCN(c3cccc(Cl)c3)CC2)c1. The van der Waals surface area contributed by atoms with Crippen LogP contribution in [0.15, 0.2) is 42.5 Å². The van der Waals surface area contributed by atoms with Gasteiger partial charge in [0.05, 0.1) is 0 Å². The maximum absolute atomic E-state index is 10.5. The van der Waals surface area contributed by atoms with Gasteiger partial charge in [-0.15, -0.1) is 0 Å². The minimum Gasteiger partial charge on any atom is -0.491 e. The lowest BCUT2D eigenvalue weighted by Crippen LogP contribution is -2.49. The fraction of sp³-hybridized carbons (Fsp3) is 0.478. The molecule has 1 fully saturated rings. The quantitative estimate of drug-likeness (QED) is 0.747. The van der Waals surface area contributed by atoms with Gasteiger partial charge in [-0.1, -0.05) is 43.6 Å². The van der Waals surface area contributed by atoms with E-state index >= 15 is 0 Å². The Kier molecular flexibility index (Phi) is 7.22. The first-order valence-electron chi connectivity index (χ1n) is 10.1. The Morgan fingerprint density at radius 2 is 1.82 bits per heavy atom. The number of ether oxygens (including phenoxy) is 1. The summed E-state index contributed by atoms with van der Waals surface area (Å²) in [5.41, 5.74) is 3.52. The zero-order valence-electron chi connectivity index (χ0n) is 17.1. The van der Waals surface area contributed by atoms with Crippen LogP contribution in [0.25, 0.3) is 0 Å². The molecule has 2 aromatic carbocycles. The van der Waals surface area contributed by atoms with E-state index in [9.17, 15) is 5.11 Å². The molecule has 1 heterocycles. The molecule has 0 spiro atoms. The van der Waals surface area contributed by atoms with Gasteiger partial charge in [0, 0.05) is 43.4 Å². The number of aryl methyl sites for hydroxylation is 1. The molecule has 0 bridgehead atoms. The van der Waals surface area contributed by atoms with Gasteiger partial charge in [-0.25, -0.2) is 0 Å². The average Bonchev–Trinajstić information content (AvgIpc) is 2.67. The molecule has 152 valence electrons. The highest BCUT2D eigenvalue weighted by molar-refractivity contribution is 6.30. The third kappa shape index (κ3) is 5.63. The van der Waals surface area contributed by atoms with Crippen LogP contribution in [0.5, 0.6) is 5.75 Å². The van der Waals surface area contributed by atoms with E-state index < -0.39 is 6.10 Å².